The van der Waals surface area contributed by atoms with E-state index in [4.69, 9.17) is 9.47 Å². The predicted octanol–water partition coefficient (Wildman–Crippen LogP) is 4.48. The monoisotopic (exact) mass is 314 g/mol. The molecule has 0 heterocycles. The van der Waals surface area contributed by atoms with Gasteiger partial charge >= 0.3 is 0 Å². The van der Waals surface area contributed by atoms with Crippen molar-refractivity contribution in [2.45, 2.75) is 46.2 Å². The van der Waals surface area contributed by atoms with Crippen molar-refractivity contribution in [3.8, 4) is 11.1 Å². The van der Waals surface area contributed by atoms with E-state index in [-0.39, 0.29) is 12.7 Å². The van der Waals surface area contributed by atoms with Gasteiger partial charge in [-0.2, -0.15) is 0 Å². The molecule has 0 aliphatic heterocycles. The summed E-state index contributed by atoms with van der Waals surface area (Å²) in [7, 11) is 1.62. The first-order chi connectivity index (χ1) is 11.1. The van der Waals surface area contributed by atoms with E-state index >= 15 is 0 Å². The molecular weight excluding hydrogens is 288 g/mol. The summed E-state index contributed by atoms with van der Waals surface area (Å²) in [5.41, 5.74) is 5.24. The van der Waals surface area contributed by atoms with Crippen LogP contribution in [0.1, 0.15) is 43.8 Å². The molecule has 0 aromatic heterocycles. The first kappa shape index (κ1) is 17.7. The van der Waals surface area contributed by atoms with Gasteiger partial charge in [0.15, 0.2) is 6.29 Å². The van der Waals surface area contributed by atoms with Crippen LogP contribution in [0.4, 0.5) is 0 Å². The standard InChI is InChI=1S/C20H26O3/c1-5-15-6-8-16(9-7-15)17-10-11-19(18(12-17)13-21)20(22-4)23-14(2)3/h6-12,14,20-21H,5,13H2,1-4H3. The zero-order chi connectivity index (χ0) is 16.8. The van der Waals surface area contributed by atoms with Crippen molar-refractivity contribution in [3.05, 3.63) is 59.2 Å². The molecule has 2 aromatic rings. The molecule has 1 unspecified atom stereocenters. The predicted molar refractivity (Wildman–Crippen MR) is 93.1 cm³/mol. The van der Waals surface area contributed by atoms with E-state index in [0.29, 0.717) is 0 Å². The summed E-state index contributed by atoms with van der Waals surface area (Å²) in [6.45, 7) is 6.04. The SMILES string of the molecule is CCc1ccc(-c2ccc(C(OC)OC(C)C)c(CO)c2)cc1. The summed E-state index contributed by atoms with van der Waals surface area (Å²) >= 11 is 0. The quantitative estimate of drug-likeness (QED) is 0.766. The minimum atomic E-state index is -0.464. The Morgan fingerprint density at radius 2 is 1.65 bits per heavy atom. The van der Waals surface area contributed by atoms with Crippen molar-refractivity contribution in [3.63, 3.8) is 0 Å². The number of hydrogen-bond acceptors (Lipinski definition) is 3. The lowest BCUT2D eigenvalue weighted by Gasteiger charge is -2.22. The fraction of sp³-hybridized carbons (Fsp3) is 0.400. The van der Waals surface area contributed by atoms with Crippen molar-refractivity contribution in [2.75, 3.05) is 7.11 Å². The molecule has 0 radical (unpaired) electrons. The molecule has 3 heteroatoms. The van der Waals surface area contributed by atoms with E-state index in [9.17, 15) is 5.11 Å². The lowest BCUT2D eigenvalue weighted by molar-refractivity contribution is -0.151. The van der Waals surface area contributed by atoms with Crippen LogP contribution in [0.2, 0.25) is 0 Å². The fourth-order valence-electron chi connectivity index (χ4n) is 2.59. The lowest BCUT2D eigenvalue weighted by Crippen LogP contribution is -2.14. The van der Waals surface area contributed by atoms with Crippen LogP contribution in [0.5, 0.6) is 0 Å². The van der Waals surface area contributed by atoms with Gasteiger partial charge in [-0.05, 0) is 48.6 Å². The molecule has 0 fully saturated rings. The molecule has 0 spiro atoms. The average molecular weight is 314 g/mol. The second-order valence-corrected chi connectivity index (χ2v) is 5.87. The smallest absolute Gasteiger partial charge is 0.184 e. The maximum atomic E-state index is 9.74. The van der Waals surface area contributed by atoms with Crippen LogP contribution >= 0.6 is 0 Å². The molecule has 0 aliphatic rings. The summed E-state index contributed by atoms with van der Waals surface area (Å²) in [5, 5.41) is 9.74. The van der Waals surface area contributed by atoms with Gasteiger partial charge in [0.05, 0.1) is 12.7 Å². The molecule has 0 aliphatic carbocycles. The number of methoxy groups -OCH3 is 1. The first-order valence-corrected chi connectivity index (χ1v) is 8.10. The van der Waals surface area contributed by atoms with Crippen LogP contribution in [0.25, 0.3) is 11.1 Å². The molecule has 2 aromatic carbocycles. The van der Waals surface area contributed by atoms with Gasteiger partial charge in [-0.3, -0.25) is 0 Å². The third kappa shape index (κ3) is 4.41. The molecule has 23 heavy (non-hydrogen) atoms. The molecular formula is C20H26O3. The van der Waals surface area contributed by atoms with Gasteiger partial charge in [0.25, 0.3) is 0 Å². The van der Waals surface area contributed by atoms with Crippen molar-refractivity contribution >= 4 is 0 Å². The summed E-state index contributed by atoms with van der Waals surface area (Å²) in [4.78, 5) is 0. The second-order valence-electron chi connectivity index (χ2n) is 5.87. The number of ether oxygens (including phenoxy) is 2. The molecule has 1 N–H and O–H groups in total. The van der Waals surface area contributed by atoms with Crippen molar-refractivity contribution in [2.24, 2.45) is 0 Å². The number of aliphatic hydroxyl groups is 1. The zero-order valence-corrected chi connectivity index (χ0v) is 14.4. The molecule has 3 nitrogen and oxygen atoms in total. The largest absolute Gasteiger partial charge is 0.392 e. The van der Waals surface area contributed by atoms with E-state index in [0.717, 1.165) is 28.7 Å². The highest BCUT2D eigenvalue weighted by Gasteiger charge is 2.17. The van der Waals surface area contributed by atoms with Crippen molar-refractivity contribution in [1.29, 1.82) is 0 Å². The summed E-state index contributed by atoms with van der Waals surface area (Å²) in [6, 6.07) is 14.5. The highest BCUT2D eigenvalue weighted by molar-refractivity contribution is 5.65. The third-order valence-electron chi connectivity index (χ3n) is 3.87. The average Bonchev–Trinajstić information content (AvgIpc) is 2.59. The molecule has 0 saturated heterocycles. The van der Waals surface area contributed by atoms with E-state index < -0.39 is 6.29 Å². The van der Waals surface area contributed by atoms with Crippen molar-refractivity contribution < 1.29 is 14.6 Å². The Morgan fingerprint density at radius 3 is 2.17 bits per heavy atom. The van der Waals surface area contributed by atoms with Gasteiger partial charge in [-0.1, -0.05) is 43.3 Å². The molecule has 2 rings (SSSR count). The van der Waals surface area contributed by atoms with Crippen molar-refractivity contribution in [1.82, 2.24) is 0 Å². The van der Waals surface area contributed by atoms with E-state index in [1.807, 2.05) is 32.0 Å². The Morgan fingerprint density at radius 1 is 1.00 bits per heavy atom. The van der Waals surface area contributed by atoms with Crippen LogP contribution in [0.3, 0.4) is 0 Å². The Kier molecular flexibility index (Phi) is 6.34. The minimum Gasteiger partial charge on any atom is -0.392 e. The second kappa shape index (κ2) is 8.25. The molecule has 0 bridgehead atoms. The van der Waals surface area contributed by atoms with Gasteiger partial charge < -0.3 is 14.6 Å². The molecule has 0 saturated carbocycles. The van der Waals surface area contributed by atoms with Gasteiger partial charge in [0.2, 0.25) is 0 Å². The highest BCUT2D eigenvalue weighted by atomic mass is 16.7. The lowest BCUT2D eigenvalue weighted by atomic mass is 9.98. The number of benzene rings is 2. The van der Waals surface area contributed by atoms with Gasteiger partial charge in [0, 0.05) is 12.7 Å². The fourth-order valence-corrected chi connectivity index (χ4v) is 2.59. The van der Waals surface area contributed by atoms with Crippen LogP contribution in [-0.2, 0) is 22.5 Å². The Bertz CT molecular complexity index is 617. The number of rotatable bonds is 7. The van der Waals surface area contributed by atoms with Crippen LogP contribution in [0, 0.1) is 0 Å². The van der Waals surface area contributed by atoms with E-state index in [1.165, 1.54) is 5.56 Å². The van der Waals surface area contributed by atoms with Gasteiger partial charge in [0.1, 0.15) is 0 Å². The molecule has 1 atom stereocenters. The maximum absolute atomic E-state index is 9.74. The molecule has 0 amide bonds. The number of aliphatic hydroxyl groups excluding tert-OH is 1. The summed E-state index contributed by atoms with van der Waals surface area (Å²) in [6.07, 6.45) is 0.616. The van der Waals surface area contributed by atoms with Gasteiger partial charge in [-0.15, -0.1) is 0 Å². The zero-order valence-electron chi connectivity index (χ0n) is 14.4. The van der Waals surface area contributed by atoms with Crippen LogP contribution in [-0.4, -0.2) is 18.3 Å². The van der Waals surface area contributed by atoms with Gasteiger partial charge in [-0.25, -0.2) is 0 Å². The van der Waals surface area contributed by atoms with Crippen LogP contribution in [0.15, 0.2) is 42.5 Å². The number of aryl methyl sites for hydroxylation is 1. The topological polar surface area (TPSA) is 38.7 Å². The molecule has 124 valence electrons. The minimum absolute atomic E-state index is 0.0441. The normalized spacial score (nSPS) is 12.6. The van der Waals surface area contributed by atoms with E-state index in [1.54, 1.807) is 7.11 Å². The third-order valence-corrected chi connectivity index (χ3v) is 3.87. The number of hydrogen-bond donors (Lipinski definition) is 1. The summed E-state index contributed by atoms with van der Waals surface area (Å²) < 4.78 is 11.2. The maximum Gasteiger partial charge on any atom is 0.184 e. The Labute approximate surface area is 138 Å². The highest BCUT2D eigenvalue weighted by Crippen LogP contribution is 2.29. The Hall–Kier alpha value is -1.68. The first-order valence-electron chi connectivity index (χ1n) is 8.10. The Balaban J connectivity index is 2.34. The summed E-state index contributed by atoms with van der Waals surface area (Å²) in [5.74, 6) is 0. The van der Waals surface area contributed by atoms with Crippen LogP contribution < -0.4 is 0 Å². The van der Waals surface area contributed by atoms with E-state index in [2.05, 4.69) is 31.2 Å².